The van der Waals surface area contributed by atoms with Crippen LogP contribution in [-0.4, -0.2) is 6.61 Å². The largest absolute Gasteiger partial charge is 0.432 e. The van der Waals surface area contributed by atoms with Crippen LogP contribution in [0.15, 0.2) is 21.1 Å². The topological polar surface area (TPSA) is 35.2 Å². The fourth-order valence-electron chi connectivity index (χ4n) is 0.932. The van der Waals surface area contributed by atoms with Gasteiger partial charge in [0.25, 0.3) is 0 Å². The Morgan fingerprint density at radius 1 is 1.29 bits per heavy atom. The van der Waals surface area contributed by atoms with Gasteiger partial charge in [0.2, 0.25) is 0 Å². The summed E-state index contributed by atoms with van der Waals surface area (Å²) in [5.74, 6) is 0.0807. The molecule has 14 heavy (non-hydrogen) atoms. The lowest BCUT2D eigenvalue weighted by Crippen LogP contribution is -2.04. The monoisotopic (exact) mass is 329 g/mol. The van der Waals surface area contributed by atoms with Gasteiger partial charge in [0, 0.05) is 6.54 Å². The van der Waals surface area contributed by atoms with Crippen molar-refractivity contribution >= 4 is 31.9 Å². The normalized spacial score (nSPS) is 10.7. The molecule has 0 amide bonds. The van der Waals surface area contributed by atoms with E-state index in [0.717, 1.165) is 5.56 Å². The van der Waals surface area contributed by atoms with E-state index in [-0.39, 0.29) is 5.75 Å². The van der Waals surface area contributed by atoms with Crippen molar-refractivity contribution < 1.29 is 13.5 Å². The van der Waals surface area contributed by atoms with Gasteiger partial charge in [-0.3, -0.25) is 0 Å². The molecule has 1 rings (SSSR count). The molecular weight excluding hydrogens is 324 g/mol. The van der Waals surface area contributed by atoms with E-state index < -0.39 is 6.61 Å². The first kappa shape index (κ1) is 11.9. The molecule has 1 aromatic carbocycles. The van der Waals surface area contributed by atoms with Crippen LogP contribution in [0.4, 0.5) is 8.78 Å². The second-order valence-corrected chi connectivity index (χ2v) is 4.18. The van der Waals surface area contributed by atoms with Crippen molar-refractivity contribution in [3.05, 3.63) is 26.6 Å². The van der Waals surface area contributed by atoms with E-state index in [0.29, 0.717) is 15.5 Å². The Bertz CT molecular complexity index is 310. The first-order valence-electron chi connectivity index (χ1n) is 3.67. The predicted molar refractivity (Wildman–Crippen MR) is 56.4 cm³/mol. The van der Waals surface area contributed by atoms with Crippen LogP contribution in [0.5, 0.6) is 5.75 Å². The van der Waals surface area contributed by atoms with Crippen molar-refractivity contribution in [2.75, 3.05) is 0 Å². The highest BCUT2D eigenvalue weighted by Gasteiger charge is 2.12. The van der Waals surface area contributed by atoms with Gasteiger partial charge in [-0.2, -0.15) is 8.78 Å². The highest BCUT2D eigenvalue weighted by molar-refractivity contribution is 9.11. The van der Waals surface area contributed by atoms with E-state index in [1.165, 1.54) is 0 Å². The molecule has 0 heterocycles. The number of benzene rings is 1. The maximum atomic E-state index is 12.0. The molecule has 0 saturated heterocycles. The molecule has 1 aromatic rings. The summed E-state index contributed by atoms with van der Waals surface area (Å²) in [7, 11) is 0. The average molecular weight is 331 g/mol. The summed E-state index contributed by atoms with van der Waals surface area (Å²) in [4.78, 5) is 0. The molecule has 0 atom stereocenters. The van der Waals surface area contributed by atoms with E-state index >= 15 is 0 Å². The van der Waals surface area contributed by atoms with Crippen LogP contribution in [0.2, 0.25) is 0 Å². The Balaban J connectivity index is 3.05. The van der Waals surface area contributed by atoms with Crippen LogP contribution in [-0.2, 0) is 6.54 Å². The van der Waals surface area contributed by atoms with Gasteiger partial charge in [-0.05, 0) is 49.6 Å². The average Bonchev–Trinajstić information content (AvgIpc) is 2.10. The van der Waals surface area contributed by atoms with Crippen molar-refractivity contribution in [3.63, 3.8) is 0 Å². The number of hydrogen-bond acceptors (Lipinski definition) is 2. The van der Waals surface area contributed by atoms with Crippen LogP contribution in [0.25, 0.3) is 0 Å². The number of halogens is 4. The third-order valence-corrected chi connectivity index (χ3v) is 2.68. The fourth-order valence-corrected chi connectivity index (χ4v) is 2.40. The molecule has 6 heteroatoms. The smallest absolute Gasteiger partial charge is 0.387 e. The van der Waals surface area contributed by atoms with Crippen molar-refractivity contribution in [2.45, 2.75) is 13.2 Å². The van der Waals surface area contributed by atoms with Crippen LogP contribution in [0, 0.1) is 0 Å². The molecule has 0 fully saturated rings. The van der Waals surface area contributed by atoms with Crippen molar-refractivity contribution in [2.24, 2.45) is 5.73 Å². The summed E-state index contributed by atoms with van der Waals surface area (Å²) >= 11 is 6.25. The van der Waals surface area contributed by atoms with Gasteiger partial charge in [-0.25, -0.2) is 0 Å². The van der Waals surface area contributed by atoms with Gasteiger partial charge >= 0.3 is 6.61 Å². The number of rotatable bonds is 3. The first-order chi connectivity index (χ1) is 6.54. The molecule has 78 valence electrons. The standard InChI is InChI=1S/C8H7Br2F2NO/c9-5-1-4(3-13)2-6(10)7(5)14-8(11)12/h1-2,8H,3,13H2. The fraction of sp³-hybridized carbons (Fsp3) is 0.250. The quantitative estimate of drug-likeness (QED) is 0.923. The molecule has 2 nitrogen and oxygen atoms in total. The molecule has 0 aliphatic heterocycles. The zero-order chi connectivity index (χ0) is 10.7. The van der Waals surface area contributed by atoms with Crippen molar-refractivity contribution in [1.82, 2.24) is 0 Å². The van der Waals surface area contributed by atoms with E-state index in [1.807, 2.05) is 0 Å². The van der Waals surface area contributed by atoms with Gasteiger partial charge in [-0.15, -0.1) is 0 Å². The zero-order valence-corrected chi connectivity index (χ0v) is 10.1. The van der Waals surface area contributed by atoms with E-state index in [4.69, 9.17) is 5.73 Å². The number of nitrogens with two attached hydrogens (primary N) is 1. The third kappa shape index (κ3) is 2.90. The molecule has 0 spiro atoms. The Morgan fingerprint density at radius 3 is 2.14 bits per heavy atom. The summed E-state index contributed by atoms with van der Waals surface area (Å²) in [6, 6.07) is 3.28. The van der Waals surface area contributed by atoms with Gasteiger partial charge in [-0.1, -0.05) is 0 Å². The van der Waals surface area contributed by atoms with Crippen molar-refractivity contribution in [3.8, 4) is 5.75 Å². The molecule has 0 bridgehead atoms. The Morgan fingerprint density at radius 2 is 1.79 bits per heavy atom. The summed E-state index contributed by atoms with van der Waals surface area (Å²) in [5.41, 5.74) is 6.23. The molecule has 0 aromatic heterocycles. The highest BCUT2D eigenvalue weighted by atomic mass is 79.9. The molecular formula is C8H7Br2F2NO. The summed E-state index contributed by atoms with van der Waals surface area (Å²) in [6.45, 7) is -2.50. The lowest BCUT2D eigenvalue weighted by molar-refractivity contribution is -0.0508. The minimum atomic E-state index is -2.84. The summed E-state index contributed by atoms with van der Waals surface area (Å²) < 4.78 is 29.2. The Kier molecular flexibility index (Phi) is 4.28. The Hall–Kier alpha value is -0.200. The SMILES string of the molecule is NCc1cc(Br)c(OC(F)F)c(Br)c1. The predicted octanol–water partition coefficient (Wildman–Crippen LogP) is 3.27. The molecule has 0 radical (unpaired) electrons. The lowest BCUT2D eigenvalue weighted by Gasteiger charge is -2.10. The van der Waals surface area contributed by atoms with Gasteiger partial charge in [0.05, 0.1) is 8.95 Å². The molecule has 0 unspecified atom stereocenters. The summed E-state index contributed by atoms with van der Waals surface area (Å²) in [5, 5.41) is 0. The second kappa shape index (κ2) is 5.04. The van der Waals surface area contributed by atoms with Gasteiger partial charge in [0.15, 0.2) is 5.75 Å². The zero-order valence-electron chi connectivity index (χ0n) is 6.94. The number of hydrogen-bond donors (Lipinski definition) is 1. The molecule has 0 aliphatic rings. The highest BCUT2D eigenvalue weighted by Crippen LogP contribution is 2.35. The minimum absolute atomic E-state index is 0.0807. The van der Waals surface area contributed by atoms with Crippen LogP contribution >= 0.6 is 31.9 Å². The number of alkyl halides is 2. The lowest BCUT2D eigenvalue weighted by atomic mass is 10.2. The second-order valence-electron chi connectivity index (χ2n) is 2.47. The van der Waals surface area contributed by atoms with E-state index in [1.54, 1.807) is 12.1 Å². The minimum Gasteiger partial charge on any atom is -0.432 e. The Labute approximate surface area is 96.7 Å². The van der Waals surface area contributed by atoms with Gasteiger partial charge in [0.1, 0.15) is 0 Å². The third-order valence-electron chi connectivity index (χ3n) is 1.50. The van der Waals surface area contributed by atoms with Crippen LogP contribution < -0.4 is 10.5 Å². The van der Waals surface area contributed by atoms with Crippen LogP contribution in [0.1, 0.15) is 5.56 Å². The molecule has 2 N–H and O–H groups in total. The van der Waals surface area contributed by atoms with E-state index in [2.05, 4.69) is 36.6 Å². The summed E-state index contributed by atoms with van der Waals surface area (Å²) in [6.07, 6.45) is 0. The maximum Gasteiger partial charge on any atom is 0.387 e. The maximum absolute atomic E-state index is 12.0. The van der Waals surface area contributed by atoms with Crippen LogP contribution in [0.3, 0.4) is 0 Å². The molecule has 0 aliphatic carbocycles. The first-order valence-corrected chi connectivity index (χ1v) is 5.26. The van der Waals surface area contributed by atoms with Gasteiger partial charge < -0.3 is 10.5 Å². The number of ether oxygens (including phenoxy) is 1. The van der Waals surface area contributed by atoms with E-state index in [9.17, 15) is 8.78 Å². The molecule has 0 saturated carbocycles. The van der Waals surface area contributed by atoms with Crippen molar-refractivity contribution in [1.29, 1.82) is 0 Å².